The van der Waals surface area contributed by atoms with Crippen LogP contribution in [0.2, 0.25) is 0 Å². The third-order valence-electron chi connectivity index (χ3n) is 5.92. The first-order valence-electron chi connectivity index (χ1n) is 10.8. The van der Waals surface area contributed by atoms with Crippen molar-refractivity contribution in [3.8, 4) is 22.9 Å². The van der Waals surface area contributed by atoms with Gasteiger partial charge >= 0.3 is 0 Å². The number of nitrogens with one attached hydrogen (secondary N) is 2. The van der Waals surface area contributed by atoms with Crippen LogP contribution in [0, 0.1) is 0 Å². The molecule has 34 heavy (non-hydrogen) atoms. The van der Waals surface area contributed by atoms with Crippen LogP contribution < -0.4 is 24.4 Å². The fraction of sp³-hybridized carbons (Fsp3) is 0.364. The lowest BCUT2D eigenvalue weighted by molar-refractivity contribution is 0.265. The number of methoxy groups -OCH3 is 3. The Hall–Kier alpha value is -4.06. The van der Waals surface area contributed by atoms with Crippen molar-refractivity contribution in [3.05, 3.63) is 30.9 Å². The van der Waals surface area contributed by atoms with Crippen LogP contribution in [0.25, 0.3) is 16.7 Å². The molecule has 0 amide bonds. The largest absolute Gasteiger partial charge is 0.493 e. The van der Waals surface area contributed by atoms with Crippen LogP contribution in [0.5, 0.6) is 17.2 Å². The van der Waals surface area contributed by atoms with Crippen molar-refractivity contribution in [3.63, 3.8) is 0 Å². The molecular formula is C22H26N8O4. The lowest BCUT2D eigenvalue weighted by Crippen LogP contribution is -2.33. The van der Waals surface area contributed by atoms with Gasteiger partial charge in [-0.2, -0.15) is 15.1 Å². The average molecular weight is 467 g/mol. The van der Waals surface area contributed by atoms with Gasteiger partial charge in [0, 0.05) is 18.7 Å². The summed E-state index contributed by atoms with van der Waals surface area (Å²) in [6.45, 7) is 0.854. The van der Waals surface area contributed by atoms with Crippen molar-refractivity contribution in [2.75, 3.05) is 44.7 Å². The van der Waals surface area contributed by atoms with E-state index in [9.17, 15) is 5.11 Å². The van der Waals surface area contributed by atoms with Crippen molar-refractivity contribution < 1.29 is 19.3 Å². The van der Waals surface area contributed by atoms with Crippen LogP contribution in [0.1, 0.15) is 12.8 Å². The molecule has 4 heterocycles. The molecule has 1 aliphatic rings. The quantitative estimate of drug-likeness (QED) is 0.355. The standard InChI is InChI=1S/C22H26N8O4/c1-32-16-7-14(8-17(33-2)19(16)34-3)29-10-18(23-12-29)25-20-15-9-24-28-21(15)27-22(26-20)30-6-4-5-13(30)11-31/h7-10,12-13,31H,4-6,11H2,1-3H3,(H2,24,25,26,27,28)/t13-/m0/s1. The summed E-state index contributed by atoms with van der Waals surface area (Å²) in [6, 6.07) is 3.69. The summed E-state index contributed by atoms with van der Waals surface area (Å²) in [7, 11) is 4.72. The molecule has 0 unspecified atom stereocenters. The molecule has 12 heteroatoms. The molecule has 1 aliphatic heterocycles. The van der Waals surface area contributed by atoms with E-state index in [-0.39, 0.29) is 12.6 Å². The minimum absolute atomic E-state index is 0.00691. The van der Waals surface area contributed by atoms with Crippen molar-refractivity contribution in [2.45, 2.75) is 18.9 Å². The zero-order valence-electron chi connectivity index (χ0n) is 19.1. The van der Waals surface area contributed by atoms with Crippen molar-refractivity contribution in [1.82, 2.24) is 29.7 Å². The Balaban J connectivity index is 1.47. The summed E-state index contributed by atoms with van der Waals surface area (Å²) in [5.41, 5.74) is 1.40. The summed E-state index contributed by atoms with van der Waals surface area (Å²) in [5.74, 6) is 3.31. The number of fused-ring (bicyclic) bond motifs is 1. The zero-order chi connectivity index (χ0) is 23.7. The number of rotatable bonds is 8. The van der Waals surface area contributed by atoms with Gasteiger partial charge in [-0.1, -0.05) is 0 Å². The number of benzene rings is 1. The normalized spacial score (nSPS) is 15.6. The Kier molecular flexibility index (Phi) is 5.80. The van der Waals surface area contributed by atoms with Gasteiger partial charge in [0.15, 0.2) is 17.1 Å². The number of nitrogens with zero attached hydrogens (tertiary/aromatic N) is 6. The lowest BCUT2D eigenvalue weighted by atomic mass is 10.2. The topological polar surface area (TPSA) is 135 Å². The minimum atomic E-state index is 0.00691. The van der Waals surface area contributed by atoms with Crippen molar-refractivity contribution in [1.29, 1.82) is 0 Å². The molecule has 3 N–H and O–H groups in total. The maximum atomic E-state index is 9.72. The van der Waals surface area contributed by atoms with Gasteiger partial charge in [-0.3, -0.25) is 5.10 Å². The van der Waals surface area contributed by atoms with Crippen molar-refractivity contribution in [2.24, 2.45) is 0 Å². The second kappa shape index (κ2) is 9.06. The monoisotopic (exact) mass is 466 g/mol. The molecule has 1 aromatic carbocycles. The Morgan fingerprint density at radius 2 is 1.94 bits per heavy atom. The third kappa shape index (κ3) is 3.81. The van der Waals surface area contributed by atoms with Gasteiger partial charge in [0.25, 0.3) is 0 Å². The van der Waals surface area contributed by atoms with Crippen LogP contribution in [0.4, 0.5) is 17.6 Å². The van der Waals surface area contributed by atoms with Gasteiger partial charge < -0.3 is 34.1 Å². The third-order valence-corrected chi connectivity index (χ3v) is 5.92. The van der Waals surface area contributed by atoms with E-state index in [1.165, 1.54) is 0 Å². The molecule has 178 valence electrons. The molecule has 12 nitrogen and oxygen atoms in total. The number of imidazole rings is 1. The van der Waals surface area contributed by atoms with Crippen LogP contribution in [-0.2, 0) is 0 Å². The van der Waals surface area contributed by atoms with Gasteiger partial charge in [0.1, 0.15) is 18.0 Å². The van der Waals surface area contributed by atoms with E-state index in [2.05, 4.69) is 25.5 Å². The fourth-order valence-electron chi connectivity index (χ4n) is 4.20. The van der Waals surface area contributed by atoms with Crippen LogP contribution in [-0.4, -0.2) is 75.3 Å². The first-order valence-corrected chi connectivity index (χ1v) is 10.8. The minimum Gasteiger partial charge on any atom is -0.493 e. The Bertz CT molecular complexity index is 1280. The number of hydrogen-bond acceptors (Lipinski definition) is 10. The zero-order valence-corrected chi connectivity index (χ0v) is 19.1. The number of aliphatic hydroxyl groups is 1. The molecular weight excluding hydrogens is 440 g/mol. The molecule has 5 rings (SSSR count). The molecule has 1 fully saturated rings. The molecule has 0 spiro atoms. The van der Waals surface area contributed by atoms with Gasteiger partial charge in [-0.25, -0.2) is 4.98 Å². The van der Waals surface area contributed by atoms with Gasteiger partial charge in [-0.15, -0.1) is 0 Å². The van der Waals surface area contributed by atoms with Crippen LogP contribution in [0.3, 0.4) is 0 Å². The predicted octanol–water partition coefficient (Wildman–Crippen LogP) is 2.27. The Labute approximate surface area is 195 Å². The summed E-state index contributed by atoms with van der Waals surface area (Å²) in [6.07, 6.45) is 7.08. The Morgan fingerprint density at radius 1 is 1.15 bits per heavy atom. The van der Waals surface area contributed by atoms with E-state index >= 15 is 0 Å². The molecule has 1 atom stereocenters. The van der Waals surface area contributed by atoms with Crippen molar-refractivity contribution >= 4 is 28.6 Å². The second-order valence-corrected chi connectivity index (χ2v) is 7.85. The van der Waals surface area contributed by atoms with E-state index in [0.717, 1.165) is 30.5 Å². The summed E-state index contributed by atoms with van der Waals surface area (Å²) in [5, 5.41) is 20.8. The number of aliphatic hydroxyl groups excluding tert-OH is 1. The maximum absolute atomic E-state index is 9.72. The summed E-state index contributed by atoms with van der Waals surface area (Å²) >= 11 is 0. The Morgan fingerprint density at radius 3 is 2.65 bits per heavy atom. The summed E-state index contributed by atoms with van der Waals surface area (Å²) in [4.78, 5) is 15.9. The highest BCUT2D eigenvalue weighted by molar-refractivity contribution is 5.88. The highest BCUT2D eigenvalue weighted by atomic mass is 16.5. The smallest absolute Gasteiger partial charge is 0.229 e. The maximum Gasteiger partial charge on any atom is 0.229 e. The van der Waals surface area contributed by atoms with Crippen LogP contribution in [0.15, 0.2) is 30.9 Å². The van der Waals surface area contributed by atoms with E-state index in [0.29, 0.717) is 40.5 Å². The number of hydrogen-bond donors (Lipinski definition) is 3. The molecule has 0 aliphatic carbocycles. The highest BCUT2D eigenvalue weighted by Crippen LogP contribution is 2.39. The number of aromatic amines is 1. The predicted molar refractivity (Wildman–Crippen MR) is 126 cm³/mol. The lowest BCUT2D eigenvalue weighted by Gasteiger charge is -2.23. The number of aromatic nitrogens is 6. The molecule has 3 aromatic heterocycles. The van der Waals surface area contributed by atoms with Gasteiger partial charge in [0.2, 0.25) is 11.7 Å². The number of H-pyrrole nitrogens is 1. The van der Waals surface area contributed by atoms with Crippen LogP contribution >= 0.6 is 0 Å². The summed E-state index contributed by atoms with van der Waals surface area (Å²) < 4.78 is 18.2. The molecule has 0 saturated carbocycles. The van der Waals surface area contributed by atoms with Gasteiger partial charge in [0.05, 0.1) is 57.4 Å². The first kappa shape index (κ1) is 21.8. The highest BCUT2D eigenvalue weighted by Gasteiger charge is 2.27. The van der Waals surface area contributed by atoms with E-state index in [4.69, 9.17) is 19.2 Å². The number of ether oxygens (including phenoxy) is 3. The van der Waals surface area contributed by atoms with E-state index in [1.807, 2.05) is 27.8 Å². The van der Waals surface area contributed by atoms with E-state index in [1.54, 1.807) is 33.9 Å². The molecule has 1 saturated heterocycles. The molecule has 0 bridgehead atoms. The van der Waals surface area contributed by atoms with Gasteiger partial charge in [-0.05, 0) is 12.8 Å². The average Bonchev–Trinajstić information content (AvgIpc) is 3.63. The fourth-order valence-corrected chi connectivity index (χ4v) is 4.20. The van der Waals surface area contributed by atoms with E-state index < -0.39 is 0 Å². The number of anilines is 3. The SMILES string of the molecule is COc1cc(-n2cnc(Nc3nc(N4CCC[C@H]4CO)nc4[nH]ncc34)c2)cc(OC)c1OC. The molecule has 0 radical (unpaired) electrons. The second-order valence-electron chi connectivity index (χ2n) is 7.85. The first-order chi connectivity index (χ1) is 16.6. The molecule has 4 aromatic rings.